The van der Waals surface area contributed by atoms with Gasteiger partial charge in [-0.25, -0.2) is 19.7 Å². The van der Waals surface area contributed by atoms with Crippen LogP contribution >= 0.6 is 23.4 Å². The molecule has 18 heavy (non-hydrogen) atoms. The molecule has 0 radical (unpaired) electrons. The van der Waals surface area contributed by atoms with Crippen LogP contribution in [0, 0.1) is 6.92 Å². The molecule has 5 nitrogen and oxygen atoms in total. The Labute approximate surface area is 112 Å². The molecule has 1 N–H and O–H groups in total. The third-order valence-corrected chi connectivity index (χ3v) is 3.31. The summed E-state index contributed by atoms with van der Waals surface area (Å²) in [5.41, 5.74) is 1.01. The summed E-state index contributed by atoms with van der Waals surface area (Å²) in [6.45, 7) is 1.89. The Kier molecular flexibility index (Phi) is 3.78. The van der Waals surface area contributed by atoms with Gasteiger partial charge in [-0.2, -0.15) is 0 Å². The lowest BCUT2D eigenvalue weighted by atomic mass is 10.3. The molecule has 0 unspecified atom stereocenters. The van der Waals surface area contributed by atoms with Crippen LogP contribution in [0.1, 0.15) is 15.9 Å². The number of carboxylic acid groups (broad SMARTS) is 1. The molecule has 0 atom stereocenters. The summed E-state index contributed by atoms with van der Waals surface area (Å²) in [6.07, 6.45) is 4.63. The van der Waals surface area contributed by atoms with Gasteiger partial charge >= 0.3 is 5.97 Å². The second-order valence-electron chi connectivity index (χ2n) is 3.46. The fourth-order valence-electron chi connectivity index (χ4n) is 1.14. The molecule has 0 aliphatic heterocycles. The number of pyridine rings is 1. The lowest BCUT2D eigenvalue weighted by Crippen LogP contribution is -1.98. The molecule has 0 aromatic carbocycles. The normalized spacial score (nSPS) is 10.3. The first-order chi connectivity index (χ1) is 8.56. The fraction of sp³-hybridized carbons (Fsp3) is 0.0909. The second kappa shape index (κ2) is 5.32. The van der Waals surface area contributed by atoms with Crippen LogP contribution < -0.4 is 0 Å². The molecule has 2 heterocycles. The molecular formula is C11H8ClN3O2S. The second-order valence-corrected chi connectivity index (χ2v) is 4.82. The molecule has 0 amide bonds. The van der Waals surface area contributed by atoms with Crippen molar-refractivity contribution in [3.8, 4) is 0 Å². The maximum absolute atomic E-state index is 10.7. The number of nitrogens with zero attached hydrogens (tertiary/aromatic N) is 3. The number of rotatable bonds is 3. The molecule has 2 rings (SSSR count). The summed E-state index contributed by atoms with van der Waals surface area (Å²) in [5.74, 6) is -1.06. The molecular weight excluding hydrogens is 274 g/mol. The highest BCUT2D eigenvalue weighted by atomic mass is 35.5. The molecule has 92 valence electrons. The Morgan fingerprint density at radius 2 is 1.94 bits per heavy atom. The number of carboxylic acids is 1. The van der Waals surface area contributed by atoms with Crippen molar-refractivity contribution in [1.82, 2.24) is 15.0 Å². The zero-order valence-corrected chi connectivity index (χ0v) is 10.9. The first-order valence-electron chi connectivity index (χ1n) is 4.91. The maximum atomic E-state index is 10.7. The van der Waals surface area contributed by atoms with Crippen molar-refractivity contribution in [3.63, 3.8) is 0 Å². The minimum Gasteiger partial charge on any atom is -0.478 e. The van der Waals surface area contributed by atoms with Gasteiger partial charge in [-0.1, -0.05) is 11.6 Å². The molecule has 0 bridgehead atoms. The first-order valence-corrected chi connectivity index (χ1v) is 6.11. The summed E-state index contributed by atoms with van der Waals surface area (Å²) < 4.78 is 0. The van der Waals surface area contributed by atoms with Crippen LogP contribution in [0.2, 0.25) is 5.02 Å². The van der Waals surface area contributed by atoms with E-state index < -0.39 is 5.97 Å². The predicted octanol–water partition coefficient (Wildman–Crippen LogP) is 2.68. The first kappa shape index (κ1) is 12.8. The molecule has 0 fully saturated rings. The largest absolute Gasteiger partial charge is 0.478 e. The average Bonchev–Trinajstić information content (AvgIpc) is 2.34. The van der Waals surface area contributed by atoms with Crippen LogP contribution in [-0.4, -0.2) is 26.0 Å². The van der Waals surface area contributed by atoms with Crippen molar-refractivity contribution in [3.05, 3.63) is 40.8 Å². The number of hydrogen-bond donors (Lipinski definition) is 1. The van der Waals surface area contributed by atoms with Gasteiger partial charge in [-0.15, -0.1) is 0 Å². The van der Waals surface area contributed by atoms with Crippen LogP contribution in [0.5, 0.6) is 0 Å². The van der Waals surface area contributed by atoms with Crippen molar-refractivity contribution in [2.75, 3.05) is 0 Å². The standard InChI is InChI=1S/C11H8ClN3O2S/c1-6-3-14-11(15-4-6)18-9-8(12)2-7(5-13-9)10(16)17/h2-5H,1H3,(H,16,17). The molecule has 0 spiro atoms. The number of carbonyl (C=O) groups is 1. The number of aromatic carboxylic acids is 1. The molecule has 2 aromatic heterocycles. The van der Waals surface area contributed by atoms with Crippen LogP contribution in [0.15, 0.2) is 34.8 Å². The van der Waals surface area contributed by atoms with Crippen molar-refractivity contribution in [1.29, 1.82) is 0 Å². The molecule has 0 saturated heterocycles. The molecule has 0 aliphatic rings. The van der Waals surface area contributed by atoms with E-state index >= 15 is 0 Å². The summed E-state index contributed by atoms with van der Waals surface area (Å²) >= 11 is 7.14. The van der Waals surface area contributed by atoms with E-state index in [1.54, 1.807) is 12.4 Å². The van der Waals surface area contributed by atoms with E-state index in [-0.39, 0.29) is 10.6 Å². The minimum atomic E-state index is -1.06. The fourth-order valence-corrected chi connectivity index (χ4v) is 2.07. The SMILES string of the molecule is Cc1cnc(Sc2ncc(C(=O)O)cc2Cl)nc1. The van der Waals surface area contributed by atoms with Crippen LogP contribution in [0.25, 0.3) is 0 Å². The van der Waals surface area contributed by atoms with E-state index in [4.69, 9.17) is 16.7 Å². The number of aryl methyl sites for hydroxylation is 1. The van der Waals surface area contributed by atoms with Crippen LogP contribution in [0.3, 0.4) is 0 Å². The van der Waals surface area contributed by atoms with Gasteiger partial charge in [-0.3, -0.25) is 0 Å². The van der Waals surface area contributed by atoms with Crippen LogP contribution in [0.4, 0.5) is 0 Å². The highest BCUT2D eigenvalue weighted by molar-refractivity contribution is 7.99. The Balaban J connectivity index is 2.24. The van der Waals surface area contributed by atoms with Crippen LogP contribution in [-0.2, 0) is 0 Å². The van der Waals surface area contributed by atoms with E-state index in [1.807, 2.05) is 6.92 Å². The number of aromatic nitrogens is 3. The van der Waals surface area contributed by atoms with Gasteiger partial charge in [0.2, 0.25) is 0 Å². The molecule has 0 aliphatic carbocycles. The van der Waals surface area contributed by atoms with Gasteiger partial charge in [0.25, 0.3) is 0 Å². The summed E-state index contributed by atoms with van der Waals surface area (Å²) in [7, 11) is 0. The van der Waals surface area contributed by atoms with Gasteiger partial charge in [0.1, 0.15) is 5.03 Å². The predicted molar refractivity (Wildman–Crippen MR) is 67.1 cm³/mol. The average molecular weight is 282 g/mol. The van der Waals surface area contributed by atoms with E-state index in [9.17, 15) is 4.79 Å². The zero-order chi connectivity index (χ0) is 13.1. The van der Waals surface area contributed by atoms with Gasteiger partial charge < -0.3 is 5.11 Å². The highest BCUT2D eigenvalue weighted by Crippen LogP contribution is 2.29. The van der Waals surface area contributed by atoms with E-state index in [2.05, 4.69) is 15.0 Å². The lowest BCUT2D eigenvalue weighted by molar-refractivity contribution is 0.0696. The highest BCUT2D eigenvalue weighted by Gasteiger charge is 2.10. The third kappa shape index (κ3) is 2.96. The smallest absolute Gasteiger partial charge is 0.337 e. The van der Waals surface area contributed by atoms with Gasteiger partial charge in [0.15, 0.2) is 5.16 Å². The number of hydrogen-bond acceptors (Lipinski definition) is 5. The quantitative estimate of drug-likeness (QED) is 0.872. The Bertz CT molecular complexity index is 589. The van der Waals surface area contributed by atoms with E-state index in [0.29, 0.717) is 10.2 Å². The lowest BCUT2D eigenvalue weighted by Gasteiger charge is -2.03. The number of halogens is 1. The van der Waals surface area contributed by atoms with Crippen molar-refractivity contribution >= 4 is 29.3 Å². The van der Waals surface area contributed by atoms with Gasteiger partial charge in [-0.05, 0) is 30.3 Å². The minimum absolute atomic E-state index is 0.0502. The maximum Gasteiger partial charge on any atom is 0.337 e. The zero-order valence-electron chi connectivity index (χ0n) is 9.29. The van der Waals surface area contributed by atoms with Crippen molar-refractivity contribution < 1.29 is 9.90 Å². The Morgan fingerprint density at radius 1 is 1.28 bits per heavy atom. The van der Waals surface area contributed by atoms with Crippen molar-refractivity contribution in [2.24, 2.45) is 0 Å². The van der Waals surface area contributed by atoms with E-state index in [0.717, 1.165) is 5.56 Å². The third-order valence-electron chi connectivity index (χ3n) is 2.00. The summed E-state index contributed by atoms with van der Waals surface area (Å²) in [5, 5.41) is 10.0. The monoisotopic (exact) mass is 281 g/mol. The summed E-state index contributed by atoms with van der Waals surface area (Å²) in [4.78, 5) is 22.9. The van der Waals surface area contributed by atoms with Crippen molar-refractivity contribution in [2.45, 2.75) is 17.1 Å². The Hall–Kier alpha value is -1.66. The molecule has 2 aromatic rings. The molecule has 7 heteroatoms. The van der Waals surface area contributed by atoms with E-state index in [1.165, 1.54) is 24.0 Å². The molecule has 0 saturated carbocycles. The summed E-state index contributed by atoms with van der Waals surface area (Å²) in [6, 6.07) is 1.35. The van der Waals surface area contributed by atoms with Gasteiger partial charge in [0.05, 0.1) is 10.6 Å². The van der Waals surface area contributed by atoms with Gasteiger partial charge in [0, 0.05) is 18.6 Å². The topological polar surface area (TPSA) is 76.0 Å². The Morgan fingerprint density at radius 3 is 2.50 bits per heavy atom.